The van der Waals surface area contributed by atoms with E-state index in [0.717, 1.165) is 6.42 Å². The highest BCUT2D eigenvalue weighted by atomic mass is 19.1. The normalized spacial score (nSPS) is 17.4. The Kier molecular flexibility index (Phi) is 6.18. The van der Waals surface area contributed by atoms with Crippen molar-refractivity contribution in [1.29, 1.82) is 0 Å². The summed E-state index contributed by atoms with van der Waals surface area (Å²) in [7, 11) is 0. The topological polar surface area (TPSA) is 41.1 Å². The fraction of sp³-hybridized carbons (Fsp3) is 0.588. The molecule has 21 heavy (non-hydrogen) atoms. The summed E-state index contributed by atoms with van der Waals surface area (Å²) < 4.78 is 13.1. The Hall–Kier alpha value is -1.42. The summed E-state index contributed by atoms with van der Waals surface area (Å²) in [6, 6.07) is 6.39. The van der Waals surface area contributed by atoms with Gasteiger partial charge in [0, 0.05) is 11.7 Å². The minimum absolute atomic E-state index is 0.116. The van der Waals surface area contributed by atoms with Crippen molar-refractivity contribution in [2.45, 2.75) is 51.5 Å². The average Bonchev–Trinajstić information content (AvgIpc) is 2.49. The predicted molar refractivity (Wildman–Crippen MR) is 83.7 cm³/mol. The molecule has 1 aromatic rings. The first kappa shape index (κ1) is 16.0. The van der Waals surface area contributed by atoms with Gasteiger partial charge in [0.15, 0.2) is 0 Å². The van der Waals surface area contributed by atoms with Crippen LogP contribution in [0, 0.1) is 11.7 Å². The van der Waals surface area contributed by atoms with E-state index in [4.69, 9.17) is 0 Å². The Balaban J connectivity index is 1.79. The molecule has 2 rings (SSSR count). The zero-order valence-electron chi connectivity index (χ0n) is 12.7. The van der Waals surface area contributed by atoms with Crippen LogP contribution in [0.15, 0.2) is 24.3 Å². The maximum absolute atomic E-state index is 13.1. The average molecular weight is 292 g/mol. The van der Waals surface area contributed by atoms with E-state index in [-0.39, 0.29) is 18.3 Å². The molecule has 1 amide bonds. The van der Waals surface area contributed by atoms with Crippen molar-refractivity contribution < 1.29 is 9.18 Å². The van der Waals surface area contributed by atoms with Crippen molar-refractivity contribution in [2.75, 3.05) is 11.9 Å². The van der Waals surface area contributed by atoms with Crippen LogP contribution in [0.2, 0.25) is 0 Å². The number of anilines is 1. The van der Waals surface area contributed by atoms with E-state index in [1.165, 1.54) is 44.2 Å². The number of halogens is 1. The Morgan fingerprint density at radius 1 is 1.33 bits per heavy atom. The molecule has 3 nitrogen and oxygen atoms in total. The van der Waals surface area contributed by atoms with Crippen molar-refractivity contribution in [3.63, 3.8) is 0 Å². The van der Waals surface area contributed by atoms with Gasteiger partial charge in [0.05, 0.1) is 6.54 Å². The van der Waals surface area contributed by atoms with Crippen LogP contribution in [-0.4, -0.2) is 18.5 Å². The van der Waals surface area contributed by atoms with E-state index in [0.29, 0.717) is 17.6 Å². The lowest BCUT2D eigenvalue weighted by Gasteiger charge is -2.30. The van der Waals surface area contributed by atoms with E-state index in [1.807, 2.05) is 0 Å². The Morgan fingerprint density at radius 2 is 2.10 bits per heavy atom. The molecule has 1 saturated carbocycles. The van der Waals surface area contributed by atoms with E-state index in [1.54, 1.807) is 12.1 Å². The van der Waals surface area contributed by atoms with Gasteiger partial charge >= 0.3 is 0 Å². The van der Waals surface area contributed by atoms with Gasteiger partial charge in [-0.05, 0) is 43.4 Å². The highest BCUT2D eigenvalue weighted by Gasteiger charge is 2.22. The molecule has 0 saturated heterocycles. The SMILES string of the molecule is CCC(NCC(=O)Nc1cccc(F)c1)C1CCCCC1. The summed E-state index contributed by atoms with van der Waals surface area (Å²) in [4.78, 5) is 11.9. The molecule has 0 bridgehead atoms. The second kappa shape index (κ2) is 8.13. The monoisotopic (exact) mass is 292 g/mol. The van der Waals surface area contributed by atoms with Crippen molar-refractivity contribution in [3.05, 3.63) is 30.1 Å². The lowest BCUT2D eigenvalue weighted by molar-refractivity contribution is -0.115. The third-order valence-corrected chi connectivity index (χ3v) is 4.29. The van der Waals surface area contributed by atoms with Crippen LogP contribution in [0.1, 0.15) is 45.4 Å². The first-order valence-corrected chi connectivity index (χ1v) is 7.98. The fourth-order valence-corrected chi connectivity index (χ4v) is 3.18. The third-order valence-electron chi connectivity index (χ3n) is 4.29. The molecule has 0 aliphatic heterocycles. The molecule has 0 spiro atoms. The first-order chi connectivity index (χ1) is 10.2. The second-order valence-electron chi connectivity index (χ2n) is 5.85. The summed E-state index contributed by atoms with van der Waals surface area (Å²) in [5, 5.41) is 6.09. The molecule has 0 radical (unpaired) electrons. The largest absolute Gasteiger partial charge is 0.325 e. The summed E-state index contributed by atoms with van der Waals surface area (Å²) >= 11 is 0. The minimum atomic E-state index is -0.339. The van der Waals surface area contributed by atoms with Crippen molar-refractivity contribution in [2.24, 2.45) is 5.92 Å². The van der Waals surface area contributed by atoms with E-state index in [9.17, 15) is 9.18 Å². The highest BCUT2D eigenvalue weighted by molar-refractivity contribution is 5.92. The minimum Gasteiger partial charge on any atom is -0.325 e. The molecule has 1 fully saturated rings. The summed E-state index contributed by atoms with van der Waals surface area (Å²) in [6.07, 6.45) is 7.51. The quantitative estimate of drug-likeness (QED) is 0.839. The number of hydrogen-bond acceptors (Lipinski definition) is 2. The van der Waals surface area contributed by atoms with Crippen molar-refractivity contribution in [1.82, 2.24) is 5.32 Å². The van der Waals surface area contributed by atoms with E-state index < -0.39 is 0 Å². The molecule has 1 aliphatic carbocycles. The second-order valence-corrected chi connectivity index (χ2v) is 5.85. The zero-order chi connectivity index (χ0) is 15.1. The summed E-state index contributed by atoms with van der Waals surface area (Å²) in [5.74, 6) is 0.231. The number of carbonyl (C=O) groups excluding carboxylic acids is 1. The number of rotatable bonds is 6. The van der Waals surface area contributed by atoms with Gasteiger partial charge in [-0.3, -0.25) is 4.79 Å². The zero-order valence-corrected chi connectivity index (χ0v) is 12.7. The van der Waals surface area contributed by atoms with E-state index in [2.05, 4.69) is 17.6 Å². The number of carbonyl (C=O) groups is 1. The molecule has 1 aromatic carbocycles. The van der Waals surface area contributed by atoms with Crippen LogP contribution in [0.3, 0.4) is 0 Å². The summed E-state index contributed by atoms with van der Waals surface area (Å²) in [5.41, 5.74) is 0.507. The van der Waals surface area contributed by atoms with Crippen LogP contribution in [0.5, 0.6) is 0 Å². The summed E-state index contributed by atoms with van der Waals surface area (Å²) in [6.45, 7) is 2.45. The van der Waals surface area contributed by atoms with Crippen molar-refractivity contribution in [3.8, 4) is 0 Å². The molecular formula is C17H25FN2O. The van der Waals surface area contributed by atoms with Gasteiger partial charge in [0.1, 0.15) is 5.82 Å². The van der Waals surface area contributed by atoms with E-state index >= 15 is 0 Å². The van der Waals surface area contributed by atoms with Gasteiger partial charge in [-0.1, -0.05) is 32.3 Å². The predicted octanol–water partition coefficient (Wildman–Crippen LogP) is 3.71. The molecular weight excluding hydrogens is 267 g/mol. The van der Waals surface area contributed by atoms with Crippen LogP contribution < -0.4 is 10.6 Å². The fourth-order valence-electron chi connectivity index (χ4n) is 3.18. The van der Waals surface area contributed by atoms with Crippen molar-refractivity contribution >= 4 is 11.6 Å². The van der Waals surface area contributed by atoms with Gasteiger partial charge in [-0.25, -0.2) is 4.39 Å². The molecule has 116 valence electrons. The third kappa shape index (κ3) is 5.12. The molecule has 1 unspecified atom stereocenters. The van der Waals surface area contributed by atoms with Gasteiger partial charge < -0.3 is 10.6 Å². The molecule has 1 atom stereocenters. The Labute approximate surface area is 126 Å². The number of amides is 1. The van der Waals surface area contributed by atoms with Gasteiger partial charge in [0.25, 0.3) is 0 Å². The number of nitrogens with one attached hydrogen (secondary N) is 2. The van der Waals surface area contributed by atoms with Crippen LogP contribution >= 0.6 is 0 Å². The lowest BCUT2D eigenvalue weighted by Crippen LogP contribution is -2.41. The standard InChI is InChI=1S/C17H25FN2O/c1-2-16(13-7-4-3-5-8-13)19-12-17(21)20-15-10-6-9-14(18)11-15/h6,9-11,13,16,19H,2-5,7-8,12H2,1H3,(H,20,21). The molecule has 0 heterocycles. The molecule has 0 aromatic heterocycles. The van der Waals surface area contributed by atoms with Crippen LogP contribution in [-0.2, 0) is 4.79 Å². The van der Waals surface area contributed by atoms with Crippen LogP contribution in [0.4, 0.5) is 10.1 Å². The Morgan fingerprint density at radius 3 is 2.76 bits per heavy atom. The van der Waals surface area contributed by atoms with Gasteiger partial charge in [0.2, 0.25) is 5.91 Å². The lowest BCUT2D eigenvalue weighted by atomic mass is 9.83. The Bertz CT molecular complexity index is 458. The van der Waals surface area contributed by atoms with Gasteiger partial charge in [-0.2, -0.15) is 0 Å². The maximum Gasteiger partial charge on any atom is 0.238 e. The number of benzene rings is 1. The molecule has 4 heteroatoms. The maximum atomic E-state index is 13.1. The molecule has 2 N–H and O–H groups in total. The first-order valence-electron chi connectivity index (χ1n) is 7.98. The molecule has 1 aliphatic rings. The number of hydrogen-bond donors (Lipinski definition) is 2. The van der Waals surface area contributed by atoms with Gasteiger partial charge in [-0.15, -0.1) is 0 Å². The smallest absolute Gasteiger partial charge is 0.238 e. The van der Waals surface area contributed by atoms with Crippen LogP contribution in [0.25, 0.3) is 0 Å². The highest BCUT2D eigenvalue weighted by Crippen LogP contribution is 2.27.